The third kappa shape index (κ3) is 2.79. The Kier molecular flexibility index (Phi) is 3.74. The summed E-state index contributed by atoms with van der Waals surface area (Å²) in [7, 11) is 0. The zero-order chi connectivity index (χ0) is 14.9. The first kappa shape index (κ1) is 14.0. The van der Waals surface area contributed by atoms with E-state index in [9.17, 15) is 4.79 Å². The van der Waals surface area contributed by atoms with E-state index in [1.165, 1.54) is 0 Å². The molecule has 0 fully saturated rings. The van der Waals surface area contributed by atoms with Crippen molar-refractivity contribution in [3.63, 3.8) is 0 Å². The van der Waals surface area contributed by atoms with Gasteiger partial charge in [-0.1, -0.05) is 0 Å². The number of aromatic nitrogens is 2. The average Bonchev–Trinajstić information content (AvgIpc) is 2.59. The molecule has 2 rings (SSSR count). The van der Waals surface area contributed by atoms with Gasteiger partial charge >= 0.3 is 0 Å². The molecule has 1 amide bonds. The lowest BCUT2D eigenvalue weighted by atomic mass is 10.1. The van der Waals surface area contributed by atoms with Crippen molar-refractivity contribution in [1.82, 2.24) is 15.4 Å². The van der Waals surface area contributed by atoms with Gasteiger partial charge in [0.05, 0.1) is 5.56 Å². The fourth-order valence-corrected chi connectivity index (χ4v) is 2.08. The highest BCUT2D eigenvalue weighted by atomic mass is 16.3. The van der Waals surface area contributed by atoms with Gasteiger partial charge in [-0.15, -0.1) is 0 Å². The number of nitrogens with zero attached hydrogens (tertiary/aromatic N) is 2. The molecule has 0 aromatic carbocycles. The molecule has 20 heavy (non-hydrogen) atoms. The second-order valence-electron chi connectivity index (χ2n) is 4.77. The van der Waals surface area contributed by atoms with Crippen LogP contribution in [0.3, 0.4) is 0 Å². The van der Waals surface area contributed by atoms with Crippen molar-refractivity contribution in [3.8, 4) is 0 Å². The lowest BCUT2D eigenvalue weighted by Gasteiger charge is -2.08. The number of rotatable bonds is 3. The fraction of sp³-hybridized carbons (Fsp3) is 0.357. The molecule has 2 heterocycles. The molecule has 2 N–H and O–H groups in total. The molecule has 106 valence electrons. The van der Waals surface area contributed by atoms with Crippen LogP contribution in [0.4, 0.5) is 5.95 Å². The first-order valence-electron chi connectivity index (χ1n) is 6.33. The van der Waals surface area contributed by atoms with Gasteiger partial charge in [0.25, 0.3) is 5.91 Å². The molecule has 0 unspecified atom stereocenters. The summed E-state index contributed by atoms with van der Waals surface area (Å²) in [6.07, 6.45) is 0. The first-order chi connectivity index (χ1) is 9.38. The highest BCUT2D eigenvalue weighted by molar-refractivity contribution is 5.97. The van der Waals surface area contributed by atoms with E-state index in [2.05, 4.69) is 20.8 Å². The van der Waals surface area contributed by atoms with Crippen molar-refractivity contribution in [3.05, 3.63) is 40.1 Å². The molecule has 6 nitrogen and oxygen atoms in total. The predicted octanol–water partition coefficient (Wildman–Crippen LogP) is 2.37. The standard InChI is InChI=1S/C14H18N4O2/c1-7-6-8(2)16-14(15-7)18-17-13(19)12-9(3)10(4)20-11(12)5/h6H,1-5H3,(H,17,19)(H,15,16,18). The van der Waals surface area contributed by atoms with Crippen LogP contribution in [0.25, 0.3) is 0 Å². The molecule has 0 bridgehead atoms. The van der Waals surface area contributed by atoms with Crippen LogP contribution in [0, 0.1) is 34.6 Å². The maximum absolute atomic E-state index is 12.2. The highest BCUT2D eigenvalue weighted by Gasteiger charge is 2.18. The topological polar surface area (TPSA) is 80.0 Å². The Hall–Kier alpha value is -2.37. The number of hydrogen-bond donors (Lipinski definition) is 2. The summed E-state index contributed by atoms with van der Waals surface area (Å²) in [5.41, 5.74) is 8.36. The minimum atomic E-state index is -0.264. The Morgan fingerprint density at radius 2 is 1.65 bits per heavy atom. The van der Waals surface area contributed by atoms with Crippen LogP contribution in [0.2, 0.25) is 0 Å². The third-order valence-corrected chi connectivity index (χ3v) is 3.06. The molecule has 0 spiro atoms. The summed E-state index contributed by atoms with van der Waals surface area (Å²) >= 11 is 0. The minimum Gasteiger partial charge on any atom is -0.466 e. The molecule has 0 saturated heterocycles. The van der Waals surface area contributed by atoms with Crippen LogP contribution in [0.1, 0.15) is 38.8 Å². The number of carbonyl (C=O) groups excluding carboxylic acids is 1. The molecule has 0 aliphatic rings. The SMILES string of the molecule is Cc1cc(C)nc(NNC(=O)c2c(C)oc(C)c2C)n1. The van der Waals surface area contributed by atoms with Gasteiger partial charge in [-0.2, -0.15) is 0 Å². The van der Waals surface area contributed by atoms with Gasteiger partial charge in [0.2, 0.25) is 5.95 Å². The first-order valence-corrected chi connectivity index (χ1v) is 6.33. The molecule has 6 heteroatoms. The van der Waals surface area contributed by atoms with Gasteiger partial charge in [0, 0.05) is 17.0 Å². The summed E-state index contributed by atoms with van der Waals surface area (Å²) in [6.45, 7) is 9.20. The minimum absolute atomic E-state index is 0.264. The number of nitrogens with one attached hydrogen (secondary N) is 2. The fourth-order valence-electron chi connectivity index (χ4n) is 2.08. The number of hydrogen-bond acceptors (Lipinski definition) is 5. The van der Waals surface area contributed by atoms with E-state index in [0.29, 0.717) is 17.3 Å². The van der Waals surface area contributed by atoms with Crippen LogP contribution in [0.5, 0.6) is 0 Å². The number of amides is 1. The van der Waals surface area contributed by atoms with Crippen LogP contribution in [-0.4, -0.2) is 15.9 Å². The van der Waals surface area contributed by atoms with Crippen LogP contribution >= 0.6 is 0 Å². The molecular weight excluding hydrogens is 256 g/mol. The van der Waals surface area contributed by atoms with E-state index in [4.69, 9.17) is 4.42 Å². The summed E-state index contributed by atoms with van der Waals surface area (Å²) in [4.78, 5) is 20.5. The van der Waals surface area contributed by atoms with Gasteiger partial charge in [-0.05, 0) is 40.7 Å². The predicted molar refractivity (Wildman–Crippen MR) is 75.5 cm³/mol. The molecule has 2 aromatic rings. The summed E-state index contributed by atoms with van der Waals surface area (Å²) in [6, 6.07) is 1.86. The van der Waals surface area contributed by atoms with E-state index in [0.717, 1.165) is 22.7 Å². The zero-order valence-corrected chi connectivity index (χ0v) is 12.3. The summed E-state index contributed by atoms with van der Waals surface area (Å²) in [5.74, 6) is 1.45. The average molecular weight is 274 g/mol. The molecule has 0 saturated carbocycles. The van der Waals surface area contributed by atoms with E-state index in [-0.39, 0.29) is 5.91 Å². The van der Waals surface area contributed by atoms with E-state index >= 15 is 0 Å². The zero-order valence-electron chi connectivity index (χ0n) is 12.3. The number of carbonyl (C=O) groups is 1. The summed E-state index contributed by atoms with van der Waals surface area (Å²) in [5, 5.41) is 0. The Morgan fingerprint density at radius 3 is 2.15 bits per heavy atom. The highest BCUT2D eigenvalue weighted by Crippen LogP contribution is 2.20. The smallest absolute Gasteiger partial charge is 0.273 e. The Balaban J connectivity index is 2.12. The maximum Gasteiger partial charge on any atom is 0.273 e. The molecule has 0 aliphatic carbocycles. The van der Waals surface area contributed by atoms with Crippen molar-refractivity contribution in [2.45, 2.75) is 34.6 Å². The molecule has 2 aromatic heterocycles. The molecule has 0 radical (unpaired) electrons. The van der Waals surface area contributed by atoms with Gasteiger partial charge < -0.3 is 4.42 Å². The lowest BCUT2D eigenvalue weighted by molar-refractivity contribution is 0.0960. The molecule has 0 atom stereocenters. The number of aryl methyl sites for hydroxylation is 4. The largest absolute Gasteiger partial charge is 0.466 e. The second kappa shape index (κ2) is 5.32. The normalized spacial score (nSPS) is 10.4. The number of furan rings is 1. The molecular formula is C14H18N4O2. The Labute approximate surface area is 117 Å². The second-order valence-corrected chi connectivity index (χ2v) is 4.77. The van der Waals surface area contributed by atoms with Crippen molar-refractivity contribution >= 4 is 11.9 Å². The van der Waals surface area contributed by atoms with Crippen molar-refractivity contribution in [1.29, 1.82) is 0 Å². The van der Waals surface area contributed by atoms with Crippen molar-refractivity contribution < 1.29 is 9.21 Å². The van der Waals surface area contributed by atoms with E-state index in [1.54, 1.807) is 6.92 Å². The third-order valence-electron chi connectivity index (χ3n) is 3.06. The number of hydrazine groups is 1. The van der Waals surface area contributed by atoms with E-state index in [1.807, 2.05) is 33.8 Å². The van der Waals surface area contributed by atoms with Crippen LogP contribution in [0.15, 0.2) is 10.5 Å². The van der Waals surface area contributed by atoms with Gasteiger partial charge in [0.1, 0.15) is 11.5 Å². The van der Waals surface area contributed by atoms with Crippen LogP contribution in [-0.2, 0) is 0 Å². The van der Waals surface area contributed by atoms with Crippen LogP contribution < -0.4 is 10.9 Å². The van der Waals surface area contributed by atoms with Crippen molar-refractivity contribution in [2.75, 3.05) is 5.43 Å². The lowest BCUT2D eigenvalue weighted by Crippen LogP contribution is -2.31. The van der Waals surface area contributed by atoms with Gasteiger partial charge in [-0.3, -0.25) is 15.6 Å². The van der Waals surface area contributed by atoms with E-state index < -0.39 is 0 Å². The quantitative estimate of drug-likeness (QED) is 0.840. The van der Waals surface area contributed by atoms with Gasteiger partial charge in [-0.25, -0.2) is 9.97 Å². The molecule has 0 aliphatic heterocycles. The maximum atomic E-state index is 12.2. The summed E-state index contributed by atoms with van der Waals surface area (Å²) < 4.78 is 5.44. The number of anilines is 1. The van der Waals surface area contributed by atoms with Crippen molar-refractivity contribution in [2.24, 2.45) is 0 Å². The Bertz CT molecular complexity index is 641. The van der Waals surface area contributed by atoms with Gasteiger partial charge in [0.15, 0.2) is 0 Å². The Morgan fingerprint density at radius 1 is 1.05 bits per heavy atom. The monoisotopic (exact) mass is 274 g/mol.